The van der Waals surface area contributed by atoms with E-state index in [1.165, 1.54) is 0 Å². The second-order valence-electron chi connectivity index (χ2n) is 2.41. The summed E-state index contributed by atoms with van der Waals surface area (Å²) in [5.74, 6) is -0.324. The summed E-state index contributed by atoms with van der Waals surface area (Å²) in [6, 6.07) is 0. The molecule has 0 aliphatic carbocycles. The SMILES string of the molecule is CCOC(=O)C(C)=CCOCCO. The van der Waals surface area contributed by atoms with Gasteiger partial charge in [0.2, 0.25) is 0 Å². The molecule has 0 unspecified atom stereocenters. The van der Waals surface area contributed by atoms with Gasteiger partial charge in [-0.3, -0.25) is 0 Å². The third-order valence-electron chi connectivity index (χ3n) is 1.34. The minimum Gasteiger partial charge on any atom is -0.463 e. The number of carbonyl (C=O) groups is 1. The van der Waals surface area contributed by atoms with Crippen molar-refractivity contribution < 1.29 is 19.4 Å². The molecular weight excluding hydrogens is 172 g/mol. The Kier molecular flexibility index (Phi) is 7.24. The molecule has 0 rings (SSSR count). The van der Waals surface area contributed by atoms with E-state index in [0.717, 1.165) is 0 Å². The van der Waals surface area contributed by atoms with Gasteiger partial charge in [0.1, 0.15) is 0 Å². The molecule has 1 N–H and O–H groups in total. The monoisotopic (exact) mass is 188 g/mol. The summed E-state index contributed by atoms with van der Waals surface area (Å²) in [6.45, 7) is 4.40. The topological polar surface area (TPSA) is 55.8 Å². The first-order chi connectivity index (χ1) is 6.22. The summed E-state index contributed by atoms with van der Waals surface area (Å²) in [5, 5.41) is 8.39. The Hall–Kier alpha value is -0.870. The molecule has 0 fully saturated rings. The zero-order valence-electron chi connectivity index (χ0n) is 8.08. The van der Waals surface area contributed by atoms with Gasteiger partial charge in [-0.05, 0) is 19.9 Å². The Morgan fingerprint density at radius 3 is 2.77 bits per heavy atom. The molecule has 76 valence electrons. The maximum Gasteiger partial charge on any atom is 0.333 e. The zero-order valence-corrected chi connectivity index (χ0v) is 8.08. The van der Waals surface area contributed by atoms with E-state index in [1.807, 2.05) is 0 Å². The van der Waals surface area contributed by atoms with E-state index in [-0.39, 0.29) is 19.2 Å². The van der Waals surface area contributed by atoms with Crippen molar-refractivity contribution in [2.24, 2.45) is 0 Å². The second kappa shape index (κ2) is 7.76. The van der Waals surface area contributed by atoms with Crippen molar-refractivity contribution in [1.29, 1.82) is 0 Å². The number of aliphatic hydroxyl groups excluding tert-OH is 1. The lowest BCUT2D eigenvalue weighted by Gasteiger charge is -2.01. The average molecular weight is 188 g/mol. The summed E-state index contributed by atoms with van der Waals surface area (Å²) in [5.41, 5.74) is 0.528. The van der Waals surface area contributed by atoms with Crippen LogP contribution in [0.5, 0.6) is 0 Å². The van der Waals surface area contributed by atoms with Gasteiger partial charge >= 0.3 is 5.97 Å². The molecule has 0 aliphatic rings. The van der Waals surface area contributed by atoms with Crippen LogP contribution in [-0.4, -0.2) is 37.5 Å². The molecule has 0 amide bonds. The van der Waals surface area contributed by atoms with Gasteiger partial charge < -0.3 is 14.6 Å². The Bertz CT molecular complexity index is 174. The molecule has 0 bridgehead atoms. The number of rotatable bonds is 6. The van der Waals surface area contributed by atoms with E-state index in [0.29, 0.717) is 18.8 Å². The van der Waals surface area contributed by atoms with Crippen LogP contribution in [0.4, 0.5) is 0 Å². The second-order valence-corrected chi connectivity index (χ2v) is 2.41. The van der Waals surface area contributed by atoms with Gasteiger partial charge in [0.25, 0.3) is 0 Å². The quantitative estimate of drug-likeness (QED) is 0.375. The van der Waals surface area contributed by atoms with Crippen LogP contribution < -0.4 is 0 Å². The first-order valence-corrected chi connectivity index (χ1v) is 4.24. The average Bonchev–Trinajstić information content (AvgIpc) is 2.12. The Balaban J connectivity index is 3.67. The molecule has 0 aliphatic heterocycles. The van der Waals surface area contributed by atoms with E-state index in [4.69, 9.17) is 14.6 Å². The summed E-state index contributed by atoms with van der Waals surface area (Å²) in [7, 11) is 0. The fourth-order valence-electron chi connectivity index (χ4n) is 0.660. The van der Waals surface area contributed by atoms with E-state index in [1.54, 1.807) is 19.9 Å². The maximum atomic E-state index is 11.0. The number of hydrogen-bond donors (Lipinski definition) is 1. The lowest BCUT2D eigenvalue weighted by molar-refractivity contribution is -0.138. The molecule has 0 saturated heterocycles. The molecule has 0 aromatic carbocycles. The summed E-state index contributed by atoms with van der Waals surface area (Å²) >= 11 is 0. The third-order valence-corrected chi connectivity index (χ3v) is 1.34. The molecule has 0 saturated carbocycles. The molecule has 0 heterocycles. The minimum absolute atomic E-state index is 0.00764. The predicted octanol–water partition coefficient (Wildman–Crippen LogP) is 0.505. The standard InChI is InChI=1S/C9H16O4/c1-3-13-9(11)8(2)4-6-12-7-5-10/h4,10H,3,5-7H2,1-2H3. The highest BCUT2D eigenvalue weighted by Crippen LogP contribution is 1.96. The van der Waals surface area contributed by atoms with E-state index in [9.17, 15) is 4.79 Å². The van der Waals surface area contributed by atoms with Crippen LogP contribution in [0, 0.1) is 0 Å². The molecule has 0 aromatic heterocycles. The van der Waals surface area contributed by atoms with Crippen LogP contribution >= 0.6 is 0 Å². The molecule has 4 nitrogen and oxygen atoms in total. The molecule has 0 atom stereocenters. The molecule has 13 heavy (non-hydrogen) atoms. The fraction of sp³-hybridized carbons (Fsp3) is 0.667. The lowest BCUT2D eigenvalue weighted by Crippen LogP contribution is -2.06. The lowest BCUT2D eigenvalue weighted by atomic mass is 10.3. The van der Waals surface area contributed by atoms with Crippen molar-refractivity contribution in [1.82, 2.24) is 0 Å². The van der Waals surface area contributed by atoms with Gasteiger partial charge in [-0.2, -0.15) is 0 Å². The first-order valence-electron chi connectivity index (χ1n) is 4.24. The highest BCUT2D eigenvalue weighted by molar-refractivity contribution is 5.87. The van der Waals surface area contributed by atoms with Crippen LogP contribution in [0.3, 0.4) is 0 Å². The molecule has 0 spiro atoms. The van der Waals surface area contributed by atoms with Gasteiger partial charge in [-0.25, -0.2) is 4.79 Å². The van der Waals surface area contributed by atoms with Crippen molar-refractivity contribution in [2.45, 2.75) is 13.8 Å². The van der Waals surface area contributed by atoms with Crippen LogP contribution in [0.1, 0.15) is 13.8 Å². The van der Waals surface area contributed by atoms with Gasteiger partial charge in [0.15, 0.2) is 0 Å². The van der Waals surface area contributed by atoms with Gasteiger partial charge in [-0.1, -0.05) is 0 Å². The summed E-state index contributed by atoms with van der Waals surface area (Å²) < 4.78 is 9.70. The highest BCUT2D eigenvalue weighted by Gasteiger charge is 2.02. The number of esters is 1. The van der Waals surface area contributed by atoms with E-state index < -0.39 is 0 Å². The van der Waals surface area contributed by atoms with Crippen LogP contribution in [-0.2, 0) is 14.3 Å². The van der Waals surface area contributed by atoms with Crippen molar-refractivity contribution >= 4 is 5.97 Å². The maximum absolute atomic E-state index is 11.0. The van der Waals surface area contributed by atoms with Crippen LogP contribution in [0.2, 0.25) is 0 Å². The zero-order chi connectivity index (χ0) is 10.1. The smallest absolute Gasteiger partial charge is 0.333 e. The number of hydrogen-bond acceptors (Lipinski definition) is 4. The van der Waals surface area contributed by atoms with Crippen molar-refractivity contribution in [3.63, 3.8) is 0 Å². The molecule has 0 radical (unpaired) electrons. The van der Waals surface area contributed by atoms with Crippen LogP contribution in [0.25, 0.3) is 0 Å². The van der Waals surface area contributed by atoms with E-state index >= 15 is 0 Å². The van der Waals surface area contributed by atoms with Gasteiger partial charge in [0.05, 0.1) is 26.4 Å². The third kappa shape index (κ3) is 6.31. The number of aliphatic hydroxyl groups is 1. The Morgan fingerprint density at radius 2 is 2.23 bits per heavy atom. The van der Waals surface area contributed by atoms with Crippen molar-refractivity contribution in [3.8, 4) is 0 Å². The van der Waals surface area contributed by atoms with Crippen LogP contribution in [0.15, 0.2) is 11.6 Å². The summed E-state index contributed by atoms with van der Waals surface area (Å²) in [6.07, 6.45) is 1.63. The van der Waals surface area contributed by atoms with Crippen molar-refractivity contribution in [3.05, 3.63) is 11.6 Å². The molecule has 0 aromatic rings. The fourth-order valence-corrected chi connectivity index (χ4v) is 0.660. The van der Waals surface area contributed by atoms with E-state index in [2.05, 4.69) is 0 Å². The first kappa shape index (κ1) is 12.1. The minimum atomic E-state index is -0.324. The highest BCUT2D eigenvalue weighted by atomic mass is 16.5. The molecular formula is C9H16O4. The largest absolute Gasteiger partial charge is 0.463 e. The Labute approximate surface area is 78.2 Å². The predicted molar refractivity (Wildman–Crippen MR) is 48.3 cm³/mol. The number of carbonyl (C=O) groups excluding carboxylic acids is 1. The summed E-state index contributed by atoms with van der Waals surface area (Å²) in [4.78, 5) is 11.0. The normalized spacial score (nSPS) is 11.5. The Morgan fingerprint density at radius 1 is 1.54 bits per heavy atom. The molecule has 4 heteroatoms. The van der Waals surface area contributed by atoms with Gasteiger partial charge in [-0.15, -0.1) is 0 Å². The number of ether oxygens (including phenoxy) is 2. The van der Waals surface area contributed by atoms with Crippen molar-refractivity contribution in [2.75, 3.05) is 26.4 Å². The van der Waals surface area contributed by atoms with Gasteiger partial charge in [0, 0.05) is 5.57 Å².